The van der Waals surface area contributed by atoms with Crippen molar-refractivity contribution in [1.82, 2.24) is 0 Å². The Kier molecular flexibility index (Phi) is 3.89. The number of rotatable bonds is 4. The molecule has 1 N–H and O–H groups in total. The van der Waals surface area contributed by atoms with Gasteiger partial charge in [-0.2, -0.15) is 0 Å². The van der Waals surface area contributed by atoms with Crippen LogP contribution >= 0.6 is 11.8 Å². The molecule has 0 saturated carbocycles. The van der Waals surface area contributed by atoms with Crippen molar-refractivity contribution in [3.63, 3.8) is 0 Å². The topological polar surface area (TPSA) is 46.5 Å². The Morgan fingerprint density at radius 3 is 1.94 bits per heavy atom. The second kappa shape index (κ2) is 5.60. The van der Waals surface area contributed by atoms with E-state index in [-0.39, 0.29) is 5.56 Å². The van der Waals surface area contributed by atoms with Crippen LogP contribution in [0.1, 0.15) is 10.4 Å². The highest BCUT2D eigenvalue weighted by Gasteiger charge is 2.03. The number of ether oxygens (including phenoxy) is 1. The summed E-state index contributed by atoms with van der Waals surface area (Å²) < 4.78 is 5.61. The van der Waals surface area contributed by atoms with Crippen LogP contribution in [0.4, 0.5) is 0 Å². The van der Waals surface area contributed by atoms with Gasteiger partial charge in [0.1, 0.15) is 11.5 Å². The van der Waals surface area contributed by atoms with E-state index >= 15 is 0 Å². The minimum Gasteiger partial charge on any atom is -0.478 e. The molecule has 0 fully saturated rings. The van der Waals surface area contributed by atoms with Crippen molar-refractivity contribution < 1.29 is 14.6 Å². The van der Waals surface area contributed by atoms with Crippen molar-refractivity contribution in [2.75, 3.05) is 6.26 Å². The third-order valence-corrected chi connectivity index (χ3v) is 3.14. The van der Waals surface area contributed by atoms with Crippen molar-refractivity contribution in [2.24, 2.45) is 0 Å². The molecule has 2 rings (SSSR count). The fourth-order valence-corrected chi connectivity index (χ4v) is 1.85. The maximum Gasteiger partial charge on any atom is 0.335 e. The Morgan fingerprint density at radius 2 is 1.50 bits per heavy atom. The Hall–Kier alpha value is -1.94. The van der Waals surface area contributed by atoms with Gasteiger partial charge in [0.25, 0.3) is 0 Å². The molecule has 0 aliphatic heterocycles. The van der Waals surface area contributed by atoms with Crippen LogP contribution in [0.3, 0.4) is 0 Å². The molecule has 0 amide bonds. The third kappa shape index (κ3) is 3.05. The molecular weight excluding hydrogens is 248 g/mol. The van der Waals surface area contributed by atoms with Crippen LogP contribution in [-0.4, -0.2) is 17.3 Å². The van der Waals surface area contributed by atoms with Crippen molar-refractivity contribution >= 4 is 17.7 Å². The average Bonchev–Trinajstić information content (AvgIpc) is 2.40. The SMILES string of the molecule is CSc1ccc(Oc2ccc(C(=O)O)cc2)cc1. The first-order valence-corrected chi connectivity index (χ1v) is 6.57. The minimum atomic E-state index is -0.939. The first kappa shape index (κ1) is 12.5. The van der Waals surface area contributed by atoms with E-state index in [0.717, 1.165) is 5.75 Å². The predicted molar refractivity (Wildman–Crippen MR) is 71.7 cm³/mol. The molecule has 0 atom stereocenters. The lowest BCUT2D eigenvalue weighted by Crippen LogP contribution is -1.95. The van der Waals surface area contributed by atoms with Crippen LogP contribution in [0.25, 0.3) is 0 Å². The molecule has 2 aromatic rings. The van der Waals surface area contributed by atoms with E-state index in [1.807, 2.05) is 30.5 Å². The van der Waals surface area contributed by atoms with Gasteiger partial charge < -0.3 is 9.84 Å². The van der Waals surface area contributed by atoms with E-state index in [1.165, 1.54) is 17.0 Å². The Bertz CT molecular complexity index is 532. The zero-order valence-electron chi connectivity index (χ0n) is 9.79. The summed E-state index contributed by atoms with van der Waals surface area (Å²) in [5.74, 6) is 0.415. The average molecular weight is 260 g/mol. The van der Waals surface area contributed by atoms with Crippen molar-refractivity contribution in [3.05, 3.63) is 54.1 Å². The summed E-state index contributed by atoms with van der Waals surface area (Å²) in [6.45, 7) is 0. The molecule has 3 nitrogen and oxygen atoms in total. The Labute approximate surface area is 109 Å². The van der Waals surface area contributed by atoms with E-state index < -0.39 is 5.97 Å². The van der Waals surface area contributed by atoms with Gasteiger partial charge in [-0.1, -0.05) is 0 Å². The number of carboxylic acids is 1. The summed E-state index contributed by atoms with van der Waals surface area (Å²) in [5, 5.41) is 8.78. The number of hydrogen-bond acceptors (Lipinski definition) is 3. The Balaban J connectivity index is 2.10. The normalized spacial score (nSPS) is 10.1. The van der Waals surface area contributed by atoms with Gasteiger partial charge in [0.2, 0.25) is 0 Å². The maximum absolute atomic E-state index is 10.7. The van der Waals surface area contributed by atoms with Gasteiger partial charge in [0, 0.05) is 4.90 Å². The lowest BCUT2D eigenvalue weighted by atomic mass is 10.2. The lowest BCUT2D eigenvalue weighted by Gasteiger charge is -2.06. The molecular formula is C14H12O3S. The van der Waals surface area contributed by atoms with Crippen LogP contribution in [0.2, 0.25) is 0 Å². The molecule has 18 heavy (non-hydrogen) atoms. The number of aromatic carboxylic acids is 1. The lowest BCUT2D eigenvalue weighted by molar-refractivity contribution is 0.0697. The largest absolute Gasteiger partial charge is 0.478 e. The van der Waals surface area contributed by atoms with E-state index in [0.29, 0.717) is 5.75 Å². The van der Waals surface area contributed by atoms with Crippen LogP contribution in [0, 0.1) is 0 Å². The predicted octanol–water partition coefficient (Wildman–Crippen LogP) is 3.90. The van der Waals surface area contributed by atoms with Crippen LogP contribution in [-0.2, 0) is 0 Å². The maximum atomic E-state index is 10.7. The van der Waals surface area contributed by atoms with Gasteiger partial charge >= 0.3 is 5.97 Å². The highest BCUT2D eigenvalue weighted by atomic mass is 32.2. The molecule has 4 heteroatoms. The van der Waals surface area contributed by atoms with Crippen LogP contribution < -0.4 is 4.74 Å². The van der Waals surface area contributed by atoms with Crippen molar-refractivity contribution in [3.8, 4) is 11.5 Å². The summed E-state index contributed by atoms with van der Waals surface area (Å²) >= 11 is 1.67. The molecule has 2 aromatic carbocycles. The molecule has 0 saturated heterocycles. The molecule has 0 heterocycles. The van der Waals surface area contributed by atoms with Gasteiger partial charge in [-0.05, 0) is 54.8 Å². The van der Waals surface area contributed by atoms with Crippen molar-refractivity contribution in [1.29, 1.82) is 0 Å². The van der Waals surface area contributed by atoms with Gasteiger partial charge in [-0.15, -0.1) is 11.8 Å². The van der Waals surface area contributed by atoms with E-state index in [9.17, 15) is 4.79 Å². The van der Waals surface area contributed by atoms with Crippen LogP contribution in [0.15, 0.2) is 53.4 Å². The number of carbonyl (C=O) groups is 1. The van der Waals surface area contributed by atoms with Crippen molar-refractivity contribution in [2.45, 2.75) is 4.90 Å². The summed E-state index contributed by atoms with van der Waals surface area (Å²) in [5.41, 5.74) is 0.250. The molecule has 0 radical (unpaired) electrons. The Morgan fingerprint density at radius 1 is 1.00 bits per heavy atom. The van der Waals surface area contributed by atoms with Gasteiger partial charge in [-0.25, -0.2) is 4.79 Å². The fraction of sp³-hybridized carbons (Fsp3) is 0.0714. The fourth-order valence-electron chi connectivity index (χ4n) is 1.45. The minimum absolute atomic E-state index is 0.250. The molecule has 0 unspecified atom stereocenters. The summed E-state index contributed by atoms with van der Waals surface area (Å²) in [6, 6.07) is 14.1. The molecule has 0 bridgehead atoms. The van der Waals surface area contributed by atoms with Gasteiger partial charge in [0.15, 0.2) is 0 Å². The molecule has 0 spiro atoms. The van der Waals surface area contributed by atoms with E-state index in [2.05, 4.69) is 0 Å². The van der Waals surface area contributed by atoms with E-state index in [4.69, 9.17) is 9.84 Å². The van der Waals surface area contributed by atoms with Crippen LogP contribution in [0.5, 0.6) is 11.5 Å². The first-order valence-electron chi connectivity index (χ1n) is 5.34. The monoisotopic (exact) mass is 260 g/mol. The number of hydrogen-bond donors (Lipinski definition) is 1. The molecule has 92 valence electrons. The zero-order chi connectivity index (χ0) is 13.0. The quantitative estimate of drug-likeness (QED) is 0.847. The standard InChI is InChI=1S/C14H12O3S/c1-18-13-8-6-12(7-9-13)17-11-4-2-10(3-5-11)14(15)16/h2-9H,1H3,(H,15,16). The molecule has 0 aliphatic carbocycles. The third-order valence-electron chi connectivity index (χ3n) is 2.40. The molecule has 0 aromatic heterocycles. The number of carboxylic acid groups (broad SMARTS) is 1. The van der Waals surface area contributed by atoms with Gasteiger partial charge in [-0.3, -0.25) is 0 Å². The highest BCUT2D eigenvalue weighted by Crippen LogP contribution is 2.24. The smallest absolute Gasteiger partial charge is 0.335 e. The number of benzene rings is 2. The van der Waals surface area contributed by atoms with Gasteiger partial charge in [0.05, 0.1) is 5.56 Å². The molecule has 0 aliphatic rings. The second-order valence-corrected chi connectivity index (χ2v) is 4.49. The summed E-state index contributed by atoms with van der Waals surface area (Å²) in [4.78, 5) is 11.9. The zero-order valence-corrected chi connectivity index (χ0v) is 10.6. The first-order chi connectivity index (χ1) is 8.69. The summed E-state index contributed by atoms with van der Waals surface area (Å²) in [6.07, 6.45) is 2.01. The summed E-state index contributed by atoms with van der Waals surface area (Å²) in [7, 11) is 0. The number of thioether (sulfide) groups is 1. The van der Waals surface area contributed by atoms with E-state index in [1.54, 1.807) is 23.9 Å². The highest BCUT2D eigenvalue weighted by molar-refractivity contribution is 7.98. The second-order valence-electron chi connectivity index (χ2n) is 3.61.